The summed E-state index contributed by atoms with van der Waals surface area (Å²) in [6.07, 6.45) is 0.458. The number of rotatable bonds is 4. The van der Waals surface area contributed by atoms with Crippen LogP contribution in [-0.4, -0.2) is 66.3 Å². The summed E-state index contributed by atoms with van der Waals surface area (Å²) in [5, 5.41) is 2.81. The lowest BCUT2D eigenvalue weighted by Crippen LogP contribution is -2.43. The Hall–Kier alpha value is -1.83. The third kappa shape index (κ3) is 6.43. The van der Waals surface area contributed by atoms with Gasteiger partial charge in [-0.3, -0.25) is 9.88 Å². The van der Waals surface area contributed by atoms with E-state index in [4.69, 9.17) is 0 Å². The zero-order valence-electron chi connectivity index (χ0n) is 12.9. The number of hydrogen-bond acceptors (Lipinski definition) is 3. The molecule has 128 valence electrons. The van der Waals surface area contributed by atoms with Crippen molar-refractivity contribution in [2.24, 2.45) is 0 Å². The molecular weight excluding hydrogens is 309 g/mol. The summed E-state index contributed by atoms with van der Waals surface area (Å²) in [6, 6.07) is 3.55. The summed E-state index contributed by atoms with van der Waals surface area (Å²) >= 11 is 0. The topological polar surface area (TPSA) is 48.5 Å². The molecule has 0 bridgehead atoms. The van der Waals surface area contributed by atoms with Gasteiger partial charge in [0.05, 0.1) is 6.54 Å². The van der Waals surface area contributed by atoms with Crippen LogP contribution >= 0.6 is 0 Å². The molecule has 1 N–H and O–H groups in total. The maximum absolute atomic E-state index is 12.4. The molecule has 1 saturated heterocycles. The van der Waals surface area contributed by atoms with Gasteiger partial charge in [-0.15, -0.1) is 0 Å². The van der Waals surface area contributed by atoms with Crippen molar-refractivity contribution in [3.05, 3.63) is 30.1 Å². The van der Waals surface area contributed by atoms with E-state index in [0.717, 1.165) is 5.56 Å². The Morgan fingerprint density at radius 1 is 1.26 bits per heavy atom. The van der Waals surface area contributed by atoms with Crippen LogP contribution in [0.15, 0.2) is 24.5 Å². The van der Waals surface area contributed by atoms with Gasteiger partial charge >= 0.3 is 12.2 Å². The highest BCUT2D eigenvalue weighted by atomic mass is 19.4. The molecule has 0 unspecified atom stereocenters. The number of aromatic nitrogens is 1. The molecule has 0 radical (unpaired) electrons. The number of amides is 2. The minimum absolute atomic E-state index is 0.220. The average Bonchev–Trinajstić information content (AvgIpc) is 2.72. The third-order valence-corrected chi connectivity index (χ3v) is 3.69. The van der Waals surface area contributed by atoms with Crippen LogP contribution in [0.5, 0.6) is 0 Å². The number of pyridine rings is 1. The minimum Gasteiger partial charge on any atom is -0.338 e. The maximum Gasteiger partial charge on any atom is 0.401 e. The summed E-state index contributed by atoms with van der Waals surface area (Å²) in [4.78, 5) is 19.0. The second kappa shape index (κ2) is 8.14. The molecule has 0 saturated carbocycles. The fourth-order valence-electron chi connectivity index (χ4n) is 2.56. The first kappa shape index (κ1) is 17.5. The monoisotopic (exact) mass is 330 g/mol. The molecule has 2 amide bonds. The lowest BCUT2D eigenvalue weighted by molar-refractivity contribution is -0.145. The third-order valence-electron chi connectivity index (χ3n) is 3.69. The van der Waals surface area contributed by atoms with Gasteiger partial charge in [0, 0.05) is 45.1 Å². The smallest absolute Gasteiger partial charge is 0.338 e. The van der Waals surface area contributed by atoms with E-state index in [-0.39, 0.29) is 12.6 Å². The molecule has 0 spiro atoms. The van der Waals surface area contributed by atoms with Gasteiger partial charge in [-0.05, 0) is 24.5 Å². The number of nitrogens with zero attached hydrogens (tertiary/aromatic N) is 3. The minimum atomic E-state index is -4.19. The first-order valence-corrected chi connectivity index (χ1v) is 7.65. The summed E-state index contributed by atoms with van der Waals surface area (Å²) < 4.78 is 37.2. The maximum atomic E-state index is 12.4. The lowest BCUT2D eigenvalue weighted by atomic mass is 10.2. The Bertz CT molecular complexity index is 495. The van der Waals surface area contributed by atoms with E-state index in [9.17, 15) is 18.0 Å². The number of hydrogen-bond donors (Lipinski definition) is 1. The van der Waals surface area contributed by atoms with Gasteiger partial charge in [0.1, 0.15) is 0 Å². The molecular formula is C15H21F3N4O. The van der Waals surface area contributed by atoms with Gasteiger partial charge in [-0.1, -0.05) is 6.07 Å². The van der Waals surface area contributed by atoms with Gasteiger partial charge in [0.25, 0.3) is 0 Å². The van der Waals surface area contributed by atoms with Gasteiger partial charge in [-0.2, -0.15) is 13.2 Å². The summed E-state index contributed by atoms with van der Waals surface area (Å²) in [5.41, 5.74) is 1.03. The predicted molar refractivity (Wildman–Crippen MR) is 80.0 cm³/mol. The zero-order chi connectivity index (χ0) is 16.7. The second-order valence-electron chi connectivity index (χ2n) is 5.58. The van der Waals surface area contributed by atoms with Gasteiger partial charge in [0.2, 0.25) is 0 Å². The predicted octanol–water partition coefficient (Wildman–Crippen LogP) is 1.90. The number of carbonyl (C=O) groups is 1. The standard InChI is InChI=1S/C15H21F3N4O/c16-15(17,18)12-21-7-2-8-22(10-9-21)14(23)20-6-4-13-3-1-5-19-11-13/h1,3,5,11H,2,4,6-10,12H2,(H,20,23). The number of alkyl halides is 3. The van der Waals surface area contributed by atoms with E-state index in [1.165, 1.54) is 4.90 Å². The van der Waals surface area contributed by atoms with Crippen LogP contribution in [0.25, 0.3) is 0 Å². The van der Waals surface area contributed by atoms with Crippen LogP contribution < -0.4 is 5.32 Å². The van der Waals surface area contributed by atoms with Crippen molar-refractivity contribution >= 4 is 6.03 Å². The molecule has 0 aromatic carbocycles. The molecule has 1 aromatic rings. The van der Waals surface area contributed by atoms with E-state index in [2.05, 4.69) is 10.3 Å². The number of nitrogens with one attached hydrogen (secondary N) is 1. The van der Waals surface area contributed by atoms with Crippen molar-refractivity contribution in [2.45, 2.75) is 19.0 Å². The molecule has 0 atom stereocenters. The molecule has 0 aliphatic carbocycles. The van der Waals surface area contributed by atoms with Crippen molar-refractivity contribution in [1.29, 1.82) is 0 Å². The molecule has 1 aliphatic heterocycles. The molecule has 8 heteroatoms. The summed E-state index contributed by atoms with van der Waals surface area (Å²) in [6.45, 7) is 0.965. The molecule has 1 fully saturated rings. The van der Waals surface area contributed by atoms with Gasteiger partial charge in [0.15, 0.2) is 0 Å². The number of carbonyl (C=O) groups excluding carboxylic acids is 1. The van der Waals surface area contributed by atoms with Crippen LogP contribution in [0.4, 0.5) is 18.0 Å². The van der Waals surface area contributed by atoms with Crippen LogP contribution in [0.1, 0.15) is 12.0 Å². The van der Waals surface area contributed by atoms with Crippen molar-refractivity contribution in [2.75, 3.05) is 39.3 Å². The first-order valence-electron chi connectivity index (χ1n) is 7.65. The molecule has 23 heavy (non-hydrogen) atoms. The first-order chi connectivity index (χ1) is 10.9. The summed E-state index contributed by atoms with van der Waals surface area (Å²) in [7, 11) is 0. The van der Waals surface area contributed by atoms with Gasteiger partial charge in [-0.25, -0.2) is 4.79 Å². The van der Waals surface area contributed by atoms with Crippen molar-refractivity contribution in [3.8, 4) is 0 Å². The molecule has 1 aromatic heterocycles. The number of urea groups is 1. The largest absolute Gasteiger partial charge is 0.401 e. The lowest BCUT2D eigenvalue weighted by Gasteiger charge is -2.23. The molecule has 5 nitrogen and oxygen atoms in total. The number of halogens is 3. The molecule has 2 rings (SSSR count). The molecule has 1 aliphatic rings. The average molecular weight is 330 g/mol. The second-order valence-corrected chi connectivity index (χ2v) is 5.58. The SMILES string of the molecule is O=C(NCCc1cccnc1)N1CCCN(CC(F)(F)F)CC1. The highest BCUT2D eigenvalue weighted by Crippen LogP contribution is 2.17. The zero-order valence-corrected chi connectivity index (χ0v) is 12.9. The van der Waals surface area contributed by atoms with Crippen LogP contribution in [0.2, 0.25) is 0 Å². The Morgan fingerprint density at radius 2 is 2.09 bits per heavy atom. The van der Waals surface area contributed by atoms with E-state index in [1.807, 2.05) is 12.1 Å². The van der Waals surface area contributed by atoms with Crippen LogP contribution in [0, 0.1) is 0 Å². The Labute approximate surface area is 133 Å². The van der Waals surface area contributed by atoms with Crippen molar-refractivity contribution in [1.82, 2.24) is 20.1 Å². The van der Waals surface area contributed by atoms with Crippen molar-refractivity contribution in [3.63, 3.8) is 0 Å². The van der Waals surface area contributed by atoms with E-state index in [1.54, 1.807) is 17.3 Å². The highest BCUT2D eigenvalue weighted by molar-refractivity contribution is 5.74. The fourth-order valence-corrected chi connectivity index (χ4v) is 2.56. The van der Waals surface area contributed by atoms with Crippen LogP contribution in [0.3, 0.4) is 0 Å². The highest BCUT2D eigenvalue weighted by Gasteiger charge is 2.31. The Balaban J connectivity index is 1.72. The van der Waals surface area contributed by atoms with Crippen molar-refractivity contribution < 1.29 is 18.0 Å². The summed E-state index contributed by atoms with van der Waals surface area (Å²) in [5.74, 6) is 0. The van der Waals surface area contributed by atoms with E-state index in [0.29, 0.717) is 39.0 Å². The quantitative estimate of drug-likeness (QED) is 0.917. The van der Waals surface area contributed by atoms with Crippen LogP contribution in [-0.2, 0) is 6.42 Å². The van der Waals surface area contributed by atoms with E-state index < -0.39 is 12.7 Å². The fraction of sp³-hybridized carbons (Fsp3) is 0.600. The van der Waals surface area contributed by atoms with E-state index >= 15 is 0 Å². The van der Waals surface area contributed by atoms with Gasteiger partial charge < -0.3 is 10.2 Å². The Kier molecular flexibility index (Phi) is 6.20. The Morgan fingerprint density at radius 3 is 2.78 bits per heavy atom. The normalized spacial score (nSPS) is 16.9. The molecule has 2 heterocycles.